The van der Waals surface area contributed by atoms with Crippen molar-refractivity contribution in [3.63, 3.8) is 0 Å². The molecule has 0 aromatic heterocycles. The fourth-order valence-electron chi connectivity index (χ4n) is 3.36. The number of rotatable bonds is 4. The Hall–Kier alpha value is -1.85. The Morgan fingerprint density at radius 2 is 2.00 bits per heavy atom. The topological polar surface area (TPSA) is 23.6 Å². The number of hydrogen-bond donors (Lipinski definition) is 0. The monoisotopic (exact) mass is 358 g/mol. The molecule has 0 aliphatic carbocycles. The van der Waals surface area contributed by atoms with Crippen molar-refractivity contribution < 1.29 is 9.18 Å². The van der Waals surface area contributed by atoms with Crippen LogP contribution in [0.3, 0.4) is 0 Å². The Balaban J connectivity index is 1.83. The summed E-state index contributed by atoms with van der Waals surface area (Å²) in [5.41, 5.74) is 3.22. The maximum Gasteiger partial charge on any atom is 0.244 e. The molecule has 0 N–H and O–H groups in total. The average Bonchev–Trinajstić information content (AvgIpc) is 2.60. The summed E-state index contributed by atoms with van der Waals surface area (Å²) >= 11 is 1.73. The standard InChI is InChI=1S/C20H23FN2OS/c1-22(2)19(15-5-4-6-17(21)11-15)20(24)23-10-9-14-12-18(25-3)8-7-16(14)13-23/h4-8,11-12,19H,9-10,13H2,1-3H3. The van der Waals surface area contributed by atoms with Crippen LogP contribution >= 0.6 is 11.8 Å². The Kier molecular flexibility index (Phi) is 5.45. The molecule has 1 aliphatic rings. The fourth-order valence-corrected chi connectivity index (χ4v) is 3.82. The van der Waals surface area contributed by atoms with Gasteiger partial charge in [0.15, 0.2) is 0 Å². The summed E-state index contributed by atoms with van der Waals surface area (Å²) in [7, 11) is 3.71. The molecular formula is C20H23FN2OS. The normalized spacial score (nSPS) is 15.2. The molecule has 2 aromatic rings. The van der Waals surface area contributed by atoms with Crippen molar-refractivity contribution in [3.05, 3.63) is 65.0 Å². The quantitative estimate of drug-likeness (QED) is 0.778. The van der Waals surface area contributed by atoms with E-state index in [9.17, 15) is 9.18 Å². The van der Waals surface area contributed by atoms with Crippen molar-refractivity contribution in [1.82, 2.24) is 9.80 Å². The van der Waals surface area contributed by atoms with Crippen LogP contribution in [0.1, 0.15) is 22.7 Å². The number of carbonyl (C=O) groups is 1. The molecule has 1 unspecified atom stereocenters. The predicted molar refractivity (Wildman–Crippen MR) is 100 cm³/mol. The van der Waals surface area contributed by atoms with Gasteiger partial charge in [-0.05, 0) is 67.7 Å². The van der Waals surface area contributed by atoms with Gasteiger partial charge in [0.2, 0.25) is 5.91 Å². The number of benzene rings is 2. The smallest absolute Gasteiger partial charge is 0.244 e. The van der Waals surface area contributed by atoms with E-state index in [0.717, 1.165) is 6.42 Å². The van der Waals surface area contributed by atoms with Crippen LogP contribution in [0.2, 0.25) is 0 Å². The summed E-state index contributed by atoms with van der Waals surface area (Å²) in [6.07, 6.45) is 2.93. The third kappa shape index (κ3) is 3.88. The summed E-state index contributed by atoms with van der Waals surface area (Å²) in [5, 5.41) is 0. The van der Waals surface area contributed by atoms with E-state index >= 15 is 0 Å². The molecule has 0 spiro atoms. The Bertz CT molecular complexity index is 778. The van der Waals surface area contributed by atoms with Crippen LogP contribution < -0.4 is 0 Å². The second-order valence-corrected chi connectivity index (χ2v) is 7.45. The minimum Gasteiger partial charge on any atom is -0.336 e. The maximum atomic E-state index is 13.6. The van der Waals surface area contributed by atoms with Gasteiger partial charge in [-0.2, -0.15) is 0 Å². The number of nitrogens with zero attached hydrogens (tertiary/aromatic N) is 2. The van der Waals surface area contributed by atoms with Crippen LogP contribution in [0.15, 0.2) is 47.4 Å². The van der Waals surface area contributed by atoms with E-state index < -0.39 is 6.04 Å². The minimum absolute atomic E-state index is 0.0233. The largest absolute Gasteiger partial charge is 0.336 e. The second kappa shape index (κ2) is 7.58. The van der Waals surface area contributed by atoms with Crippen molar-refractivity contribution in [2.24, 2.45) is 0 Å². The van der Waals surface area contributed by atoms with E-state index in [0.29, 0.717) is 18.7 Å². The van der Waals surface area contributed by atoms with E-state index in [1.165, 1.54) is 28.2 Å². The molecule has 1 atom stereocenters. The zero-order chi connectivity index (χ0) is 18.0. The molecule has 0 saturated carbocycles. The molecule has 1 aliphatic heterocycles. The number of thioether (sulfide) groups is 1. The van der Waals surface area contributed by atoms with Crippen molar-refractivity contribution >= 4 is 17.7 Å². The Labute approximate surface area is 152 Å². The molecular weight excluding hydrogens is 335 g/mol. The van der Waals surface area contributed by atoms with Gasteiger partial charge < -0.3 is 4.90 Å². The van der Waals surface area contributed by atoms with E-state index in [1.807, 2.05) is 30.0 Å². The summed E-state index contributed by atoms with van der Waals surface area (Å²) in [6.45, 7) is 1.31. The number of likely N-dealkylation sites (N-methyl/N-ethyl adjacent to an activating group) is 1. The lowest BCUT2D eigenvalue weighted by Gasteiger charge is -2.34. The molecule has 5 heteroatoms. The molecule has 3 nitrogen and oxygen atoms in total. The molecule has 0 bridgehead atoms. The molecule has 2 aromatic carbocycles. The number of fused-ring (bicyclic) bond motifs is 1. The zero-order valence-corrected chi connectivity index (χ0v) is 15.6. The highest BCUT2D eigenvalue weighted by atomic mass is 32.2. The highest BCUT2D eigenvalue weighted by molar-refractivity contribution is 7.98. The number of amides is 1. The predicted octanol–water partition coefficient (Wildman–Crippen LogP) is 3.74. The third-order valence-corrected chi connectivity index (χ3v) is 5.38. The van der Waals surface area contributed by atoms with Gasteiger partial charge in [0.1, 0.15) is 11.9 Å². The molecule has 1 amide bonds. The summed E-state index contributed by atoms with van der Waals surface area (Å²) < 4.78 is 13.6. The summed E-state index contributed by atoms with van der Waals surface area (Å²) in [4.78, 5) is 18.1. The van der Waals surface area contributed by atoms with Gasteiger partial charge in [0.05, 0.1) is 0 Å². The van der Waals surface area contributed by atoms with Crippen LogP contribution in [0.4, 0.5) is 4.39 Å². The number of hydrogen-bond acceptors (Lipinski definition) is 3. The van der Waals surface area contributed by atoms with Gasteiger partial charge in [-0.3, -0.25) is 9.69 Å². The fraction of sp³-hybridized carbons (Fsp3) is 0.350. The molecule has 1 heterocycles. The summed E-state index contributed by atoms with van der Waals surface area (Å²) in [6, 6.07) is 12.3. The lowest BCUT2D eigenvalue weighted by atomic mass is 9.97. The van der Waals surface area contributed by atoms with E-state index in [1.54, 1.807) is 17.8 Å². The van der Waals surface area contributed by atoms with Gasteiger partial charge in [-0.1, -0.05) is 18.2 Å². The first-order chi connectivity index (χ1) is 12.0. The number of halogens is 1. The SMILES string of the molecule is CSc1ccc2c(c1)CCN(C(=O)C(c1cccc(F)c1)N(C)C)C2. The molecule has 25 heavy (non-hydrogen) atoms. The second-order valence-electron chi connectivity index (χ2n) is 6.57. The van der Waals surface area contributed by atoms with Crippen LogP contribution in [-0.4, -0.2) is 42.6 Å². The van der Waals surface area contributed by atoms with Gasteiger partial charge in [0, 0.05) is 18.0 Å². The van der Waals surface area contributed by atoms with Crippen molar-refractivity contribution in [1.29, 1.82) is 0 Å². The van der Waals surface area contributed by atoms with Crippen LogP contribution in [0.5, 0.6) is 0 Å². The first-order valence-electron chi connectivity index (χ1n) is 8.36. The van der Waals surface area contributed by atoms with Gasteiger partial charge in [-0.25, -0.2) is 4.39 Å². The maximum absolute atomic E-state index is 13.6. The first kappa shape index (κ1) is 18.0. The molecule has 3 rings (SSSR count). The van der Waals surface area contributed by atoms with Crippen molar-refractivity contribution in [2.75, 3.05) is 26.9 Å². The Morgan fingerprint density at radius 1 is 1.20 bits per heavy atom. The van der Waals surface area contributed by atoms with E-state index in [-0.39, 0.29) is 11.7 Å². The van der Waals surface area contributed by atoms with Crippen LogP contribution in [-0.2, 0) is 17.8 Å². The van der Waals surface area contributed by atoms with Crippen LogP contribution in [0.25, 0.3) is 0 Å². The van der Waals surface area contributed by atoms with Crippen molar-refractivity contribution in [2.45, 2.75) is 23.9 Å². The third-order valence-electron chi connectivity index (χ3n) is 4.65. The zero-order valence-electron chi connectivity index (χ0n) is 14.8. The van der Waals surface area contributed by atoms with E-state index in [4.69, 9.17) is 0 Å². The van der Waals surface area contributed by atoms with Gasteiger partial charge >= 0.3 is 0 Å². The Morgan fingerprint density at radius 3 is 2.68 bits per heavy atom. The number of carbonyl (C=O) groups excluding carboxylic acids is 1. The van der Waals surface area contributed by atoms with Crippen LogP contribution in [0, 0.1) is 5.82 Å². The lowest BCUT2D eigenvalue weighted by molar-refractivity contribution is -0.137. The highest BCUT2D eigenvalue weighted by Crippen LogP contribution is 2.28. The average molecular weight is 358 g/mol. The van der Waals surface area contributed by atoms with Gasteiger partial charge in [-0.15, -0.1) is 11.8 Å². The summed E-state index contributed by atoms with van der Waals surface area (Å²) in [5.74, 6) is -0.291. The molecule has 0 fully saturated rings. The molecule has 0 radical (unpaired) electrons. The lowest BCUT2D eigenvalue weighted by Crippen LogP contribution is -2.43. The molecule has 0 saturated heterocycles. The van der Waals surface area contributed by atoms with Crippen molar-refractivity contribution in [3.8, 4) is 0 Å². The highest BCUT2D eigenvalue weighted by Gasteiger charge is 2.30. The van der Waals surface area contributed by atoms with E-state index in [2.05, 4.69) is 24.5 Å². The minimum atomic E-state index is -0.470. The first-order valence-corrected chi connectivity index (χ1v) is 9.58. The van der Waals surface area contributed by atoms with Gasteiger partial charge in [0.25, 0.3) is 0 Å². The molecule has 132 valence electrons.